The zero-order valence-corrected chi connectivity index (χ0v) is 8.00. The molecule has 1 aromatic heterocycles. The lowest BCUT2D eigenvalue weighted by Gasteiger charge is -2.00. The summed E-state index contributed by atoms with van der Waals surface area (Å²) < 4.78 is 10.0. The molecule has 1 aromatic rings. The molecule has 0 bridgehead atoms. The molecule has 0 aliphatic carbocycles. The summed E-state index contributed by atoms with van der Waals surface area (Å²) >= 11 is 0. The number of rotatable bonds is 4. The average molecular weight is 182 g/mol. The number of aryl methyl sites for hydroxylation is 1. The summed E-state index contributed by atoms with van der Waals surface area (Å²) in [6.45, 7) is 4.23. The van der Waals surface area contributed by atoms with E-state index >= 15 is 0 Å². The Morgan fingerprint density at radius 2 is 2.31 bits per heavy atom. The minimum absolute atomic E-state index is 0.292. The summed E-state index contributed by atoms with van der Waals surface area (Å²) in [5, 5.41) is 0. The van der Waals surface area contributed by atoms with Crippen molar-refractivity contribution in [3.05, 3.63) is 23.7 Å². The van der Waals surface area contributed by atoms with Crippen LogP contribution in [0.5, 0.6) is 0 Å². The summed E-state index contributed by atoms with van der Waals surface area (Å²) in [7, 11) is 0. The van der Waals surface area contributed by atoms with E-state index in [4.69, 9.17) is 9.15 Å². The minimum atomic E-state index is -0.292. The van der Waals surface area contributed by atoms with Crippen LogP contribution in [0.25, 0.3) is 0 Å². The van der Waals surface area contributed by atoms with Gasteiger partial charge in [-0.3, -0.25) is 0 Å². The van der Waals surface area contributed by atoms with Gasteiger partial charge in [-0.15, -0.1) is 0 Å². The molecule has 0 radical (unpaired) electrons. The van der Waals surface area contributed by atoms with Gasteiger partial charge < -0.3 is 9.15 Å². The second kappa shape index (κ2) is 4.70. The number of hydrogen-bond donors (Lipinski definition) is 0. The van der Waals surface area contributed by atoms with E-state index in [9.17, 15) is 4.79 Å². The first-order valence-electron chi connectivity index (χ1n) is 4.53. The number of furan rings is 1. The molecular formula is C10H14O3. The Balaban J connectivity index is 2.74. The van der Waals surface area contributed by atoms with Gasteiger partial charge in [0.1, 0.15) is 11.3 Å². The van der Waals surface area contributed by atoms with Crippen LogP contribution in [-0.4, -0.2) is 12.6 Å². The van der Waals surface area contributed by atoms with Crippen LogP contribution in [0.1, 0.15) is 36.4 Å². The van der Waals surface area contributed by atoms with Crippen molar-refractivity contribution in [2.75, 3.05) is 6.61 Å². The van der Waals surface area contributed by atoms with E-state index in [1.54, 1.807) is 13.0 Å². The highest BCUT2D eigenvalue weighted by molar-refractivity contribution is 5.90. The first-order valence-corrected chi connectivity index (χ1v) is 4.53. The van der Waals surface area contributed by atoms with Crippen molar-refractivity contribution in [3.8, 4) is 0 Å². The van der Waals surface area contributed by atoms with Gasteiger partial charge in [-0.25, -0.2) is 4.79 Å². The molecule has 0 N–H and O–H groups in total. The predicted molar refractivity (Wildman–Crippen MR) is 48.7 cm³/mol. The van der Waals surface area contributed by atoms with Crippen molar-refractivity contribution < 1.29 is 13.9 Å². The standard InChI is InChI=1S/C10H14O3/c1-3-5-9-8(6-7-13-9)10(11)12-4-2/h6-7H,3-5H2,1-2H3. The molecule has 0 aliphatic rings. The lowest BCUT2D eigenvalue weighted by atomic mass is 10.2. The lowest BCUT2D eigenvalue weighted by molar-refractivity contribution is 0.0524. The molecule has 1 heterocycles. The Bertz CT molecular complexity index is 275. The monoisotopic (exact) mass is 182 g/mol. The van der Waals surface area contributed by atoms with E-state index in [-0.39, 0.29) is 5.97 Å². The zero-order chi connectivity index (χ0) is 9.68. The van der Waals surface area contributed by atoms with E-state index in [2.05, 4.69) is 0 Å². The largest absolute Gasteiger partial charge is 0.468 e. The van der Waals surface area contributed by atoms with Gasteiger partial charge in [-0.2, -0.15) is 0 Å². The first-order chi connectivity index (χ1) is 6.29. The highest BCUT2D eigenvalue weighted by atomic mass is 16.5. The van der Waals surface area contributed by atoms with Crippen molar-refractivity contribution in [3.63, 3.8) is 0 Å². The molecule has 0 unspecified atom stereocenters. The van der Waals surface area contributed by atoms with Gasteiger partial charge in [0.2, 0.25) is 0 Å². The third kappa shape index (κ3) is 2.34. The molecule has 0 amide bonds. The Morgan fingerprint density at radius 1 is 1.54 bits per heavy atom. The Hall–Kier alpha value is -1.25. The molecule has 0 aliphatic heterocycles. The Morgan fingerprint density at radius 3 is 2.92 bits per heavy atom. The maximum Gasteiger partial charge on any atom is 0.341 e. The molecule has 3 heteroatoms. The molecule has 0 aromatic carbocycles. The third-order valence-corrected chi connectivity index (χ3v) is 1.72. The second-order valence-corrected chi connectivity index (χ2v) is 2.73. The summed E-state index contributed by atoms with van der Waals surface area (Å²) in [6.07, 6.45) is 3.26. The molecule has 3 nitrogen and oxygen atoms in total. The smallest absolute Gasteiger partial charge is 0.341 e. The van der Waals surface area contributed by atoms with Crippen molar-refractivity contribution in [1.29, 1.82) is 0 Å². The topological polar surface area (TPSA) is 39.4 Å². The maximum absolute atomic E-state index is 11.3. The Labute approximate surface area is 77.7 Å². The van der Waals surface area contributed by atoms with Crippen LogP contribution < -0.4 is 0 Å². The van der Waals surface area contributed by atoms with Crippen molar-refractivity contribution in [2.24, 2.45) is 0 Å². The van der Waals surface area contributed by atoms with Crippen LogP contribution in [0.2, 0.25) is 0 Å². The third-order valence-electron chi connectivity index (χ3n) is 1.72. The maximum atomic E-state index is 11.3. The van der Waals surface area contributed by atoms with Gasteiger partial charge in [0.15, 0.2) is 0 Å². The lowest BCUT2D eigenvalue weighted by Crippen LogP contribution is -2.05. The summed E-state index contributed by atoms with van der Waals surface area (Å²) in [5.41, 5.74) is 0.559. The molecule has 0 saturated heterocycles. The molecule has 1 rings (SSSR count). The van der Waals surface area contributed by atoms with Crippen molar-refractivity contribution in [1.82, 2.24) is 0 Å². The highest BCUT2D eigenvalue weighted by Crippen LogP contribution is 2.13. The summed E-state index contributed by atoms with van der Waals surface area (Å²) in [6, 6.07) is 1.66. The number of ether oxygens (including phenoxy) is 1. The van der Waals surface area contributed by atoms with Gasteiger partial charge >= 0.3 is 5.97 Å². The second-order valence-electron chi connectivity index (χ2n) is 2.73. The molecule has 0 spiro atoms. The minimum Gasteiger partial charge on any atom is -0.468 e. The molecular weight excluding hydrogens is 168 g/mol. The first kappa shape index (κ1) is 9.84. The van der Waals surface area contributed by atoms with E-state index in [1.807, 2.05) is 6.92 Å². The number of esters is 1. The van der Waals surface area contributed by atoms with Crippen molar-refractivity contribution in [2.45, 2.75) is 26.7 Å². The van der Waals surface area contributed by atoms with Crippen LogP contribution >= 0.6 is 0 Å². The SMILES string of the molecule is CCCc1occc1C(=O)OCC. The predicted octanol–water partition coefficient (Wildman–Crippen LogP) is 2.41. The van der Waals surface area contributed by atoms with Gasteiger partial charge in [-0.05, 0) is 19.4 Å². The fraction of sp³-hybridized carbons (Fsp3) is 0.500. The summed E-state index contributed by atoms with van der Waals surface area (Å²) in [5.74, 6) is 0.431. The number of hydrogen-bond acceptors (Lipinski definition) is 3. The van der Waals surface area contributed by atoms with Crippen LogP contribution in [0.3, 0.4) is 0 Å². The van der Waals surface area contributed by atoms with Crippen LogP contribution in [-0.2, 0) is 11.2 Å². The quantitative estimate of drug-likeness (QED) is 0.671. The highest BCUT2D eigenvalue weighted by Gasteiger charge is 2.14. The van der Waals surface area contributed by atoms with E-state index in [1.165, 1.54) is 6.26 Å². The molecule has 0 saturated carbocycles. The van der Waals surface area contributed by atoms with E-state index in [0.29, 0.717) is 12.2 Å². The molecule has 0 fully saturated rings. The number of carbonyl (C=O) groups is 1. The average Bonchev–Trinajstić information content (AvgIpc) is 2.54. The van der Waals surface area contributed by atoms with Gasteiger partial charge in [0.25, 0.3) is 0 Å². The summed E-state index contributed by atoms with van der Waals surface area (Å²) in [4.78, 5) is 11.3. The molecule has 72 valence electrons. The molecule has 0 atom stereocenters. The van der Waals surface area contributed by atoms with E-state index < -0.39 is 0 Å². The number of carbonyl (C=O) groups excluding carboxylic acids is 1. The fourth-order valence-electron chi connectivity index (χ4n) is 1.15. The van der Waals surface area contributed by atoms with Crippen LogP contribution in [0.15, 0.2) is 16.7 Å². The van der Waals surface area contributed by atoms with E-state index in [0.717, 1.165) is 18.6 Å². The normalized spacial score (nSPS) is 10.0. The van der Waals surface area contributed by atoms with Gasteiger partial charge in [0, 0.05) is 6.42 Å². The van der Waals surface area contributed by atoms with Crippen LogP contribution in [0.4, 0.5) is 0 Å². The Kier molecular flexibility index (Phi) is 3.55. The fourth-order valence-corrected chi connectivity index (χ4v) is 1.15. The molecule has 13 heavy (non-hydrogen) atoms. The van der Waals surface area contributed by atoms with Crippen molar-refractivity contribution >= 4 is 5.97 Å². The van der Waals surface area contributed by atoms with Crippen LogP contribution in [0, 0.1) is 0 Å². The van der Waals surface area contributed by atoms with Gasteiger partial charge in [0.05, 0.1) is 12.9 Å². The van der Waals surface area contributed by atoms with Gasteiger partial charge in [-0.1, -0.05) is 6.92 Å². The zero-order valence-electron chi connectivity index (χ0n) is 8.00.